The van der Waals surface area contributed by atoms with Crippen molar-refractivity contribution in [1.29, 1.82) is 0 Å². The van der Waals surface area contributed by atoms with E-state index in [0.29, 0.717) is 11.1 Å². The highest BCUT2D eigenvalue weighted by atomic mass is 16.5. The van der Waals surface area contributed by atoms with Gasteiger partial charge >= 0.3 is 0 Å². The van der Waals surface area contributed by atoms with Crippen LogP contribution in [-0.4, -0.2) is 18.7 Å². The highest BCUT2D eigenvalue weighted by molar-refractivity contribution is 6.26. The minimum absolute atomic E-state index is 0.0422. The van der Waals surface area contributed by atoms with E-state index in [0.717, 1.165) is 5.56 Å². The molecule has 0 aliphatic heterocycles. The van der Waals surface area contributed by atoms with Crippen LogP contribution in [0.4, 0.5) is 0 Å². The highest BCUT2D eigenvalue weighted by Gasteiger charge is 2.35. The van der Waals surface area contributed by atoms with Crippen LogP contribution in [0.3, 0.4) is 0 Å². The summed E-state index contributed by atoms with van der Waals surface area (Å²) in [7, 11) is 1.50. The molecule has 1 aliphatic rings. The van der Waals surface area contributed by atoms with E-state index in [1.807, 2.05) is 30.3 Å². The first-order chi connectivity index (χ1) is 10.6. The number of fused-ring (bicyclic) bond motifs is 1. The molecular formula is C18H15NO3. The number of rotatable bonds is 3. The highest BCUT2D eigenvalue weighted by Crippen LogP contribution is 2.34. The van der Waals surface area contributed by atoms with Crippen molar-refractivity contribution >= 4 is 11.6 Å². The Morgan fingerprint density at radius 2 is 1.41 bits per heavy atom. The maximum Gasteiger partial charge on any atom is 0.209 e. The minimum Gasteiger partial charge on any atom is -0.395 e. The van der Waals surface area contributed by atoms with Crippen LogP contribution in [0.15, 0.2) is 65.9 Å². The number of carbonyl (C=O) groups excluding carboxylic acids is 2. The first-order valence-corrected chi connectivity index (χ1v) is 6.91. The predicted octanol–water partition coefficient (Wildman–Crippen LogP) is 2.67. The fourth-order valence-corrected chi connectivity index (χ4v) is 2.72. The molecule has 4 heteroatoms. The van der Waals surface area contributed by atoms with Gasteiger partial charge in [0.2, 0.25) is 5.78 Å². The monoisotopic (exact) mass is 293 g/mol. The van der Waals surface area contributed by atoms with Gasteiger partial charge in [-0.2, -0.15) is 0 Å². The van der Waals surface area contributed by atoms with Crippen LogP contribution in [0, 0.1) is 0 Å². The summed E-state index contributed by atoms with van der Waals surface area (Å²) in [5, 5.41) is 0. The molecule has 1 unspecified atom stereocenters. The molecule has 2 aromatic rings. The van der Waals surface area contributed by atoms with Crippen LogP contribution in [0.2, 0.25) is 0 Å². The lowest BCUT2D eigenvalue weighted by atomic mass is 9.83. The molecular weight excluding hydrogens is 278 g/mol. The summed E-state index contributed by atoms with van der Waals surface area (Å²) in [4.78, 5) is 25.2. The zero-order chi connectivity index (χ0) is 15.7. The normalized spacial score (nSPS) is 15.7. The van der Waals surface area contributed by atoms with Crippen LogP contribution in [0.5, 0.6) is 0 Å². The van der Waals surface area contributed by atoms with Gasteiger partial charge in [0, 0.05) is 18.2 Å². The largest absolute Gasteiger partial charge is 0.395 e. The van der Waals surface area contributed by atoms with E-state index in [4.69, 9.17) is 10.5 Å². The van der Waals surface area contributed by atoms with Crippen molar-refractivity contribution in [3.63, 3.8) is 0 Å². The molecule has 0 fully saturated rings. The molecule has 4 nitrogen and oxygen atoms in total. The van der Waals surface area contributed by atoms with Gasteiger partial charge in [-0.3, -0.25) is 9.59 Å². The number of nitrogens with two attached hydrogens (primary N) is 1. The van der Waals surface area contributed by atoms with Crippen LogP contribution >= 0.6 is 0 Å². The summed E-state index contributed by atoms with van der Waals surface area (Å²) in [6, 6.07) is 15.9. The van der Waals surface area contributed by atoms with Gasteiger partial charge in [0.1, 0.15) is 6.10 Å². The Morgan fingerprint density at radius 3 is 2.00 bits per heavy atom. The Kier molecular flexibility index (Phi) is 3.61. The number of ketones is 2. The third-order valence-corrected chi connectivity index (χ3v) is 3.80. The topological polar surface area (TPSA) is 69.4 Å². The average molecular weight is 293 g/mol. The lowest BCUT2D eigenvalue weighted by Gasteiger charge is -2.24. The molecule has 0 radical (unpaired) electrons. The number of Topliss-reactive ketones (excluding diaryl/α,β-unsaturated/α-hetero) is 2. The maximum absolute atomic E-state index is 12.8. The number of carbonyl (C=O) groups is 2. The van der Waals surface area contributed by atoms with Crippen LogP contribution in [0.1, 0.15) is 32.4 Å². The summed E-state index contributed by atoms with van der Waals surface area (Å²) < 4.78 is 5.47. The van der Waals surface area contributed by atoms with Gasteiger partial charge in [0.15, 0.2) is 5.78 Å². The lowest BCUT2D eigenvalue weighted by Crippen LogP contribution is -2.30. The average Bonchev–Trinajstić information content (AvgIpc) is 2.57. The molecule has 1 atom stereocenters. The summed E-state index contributed by atoms with van der Waals surface area (Å²) in [6.07, 6.45) is -0.661. The van der Waals surface area contributed by atoms with E-state index < -0.39 is 6.10 Å². The predicted molar refractivity (Wildman–Crippen MR) is 82.5 cm³/mol. The second kappa shape index (κ2) is 5.58. The minimum atomic E-state index is -0.661. The summed E-state index contributed by atoms with van der Waals surface area (Å²) >= 11 is 0. The summed E-state index contributed by atoms with van der Waals surface area (Å²) in [5.74, 6) is -0.591. The number of allylic oxidation sites excluding steroid dienone is 1. The molecule has 3 rings (SSSR count). The van der Waals surface area contributed by atoms with Gasteiger partial charge < -0.3 is 10.5 Å². The number of methoxy groups -OCH3 is 1. The van der Waals surface area contributed by atoms with E-state index in [9.17, 15) is 9.59 Å². The molecule has 0 amide bonds. The summed E-state index contributed by atoms with van der Waals surface area (Å²) in [6.45, 7) is 0. The number of ether oxygens (including phenoxy) is 1. The van der Waals surface area contributed by atoms with Crippen molar-refractivity contribution in [2.24, 2.45) is 5.73 Å². The van der Waals surface area contributed by atoms with Crippen LogP contribution in [-0.2, 0) is 4.74 Å². The third-order valence-electron chi connectivity index (χ3n) is 3.80. The third kappa shape index (κ3) is 2.14. The van der Waals surface area contributed by atoms with Gasteiger partial charge in [0.25, 0.3) is 0 Å². The lowest BCUT2D eigenvalue weighted by molar-refractivity contribution is 0.0880. The zero-order valence-corrected chi connectivity index (χ0v) is 12.1. The molecule has 0 spiro atoms. The van der Waals surface area contributed by atoms with Crippen molar-refractivity contribution in [3.8, 4) is 0 Å². The zero-order valence-electron chi connectivity index (χ0n) is 12.1. The fraction of sp³-hybridized carbons (Fsp3) is 0.111. The molecule has 0 bridgehead atoms. The van der Waals surface area contributed by atoms with E-state index in [-0.39, 0.29) is 22.8 Å². The van der Waals surface area contributed by atoms with Crippen molar-refractivity contribution in [2.75, 3.05) is 7.11 Å². The van der Waals surface area contributed by atoms with Gasteiger partial charge in [-0.1, -0.05) is 54.6 Å². The Balaban J connectivity index is 2.16. The van der Waals surface area contributed by atoms with Gasteiger partial charge in [-0.25, -0.2) is 0 Å². The number of hydrogen-bond donors (Lipinski definition) is 1. The van der Waals surface area contributed by atoms with Crippen molar-refractivity contribution < 1.29 is 14.3 Å². The van der Waals surface area contributed by atoms with Gasteiger partial charge in [0.05, 0.1) is 11.3 Å². The quantitative estimate of drug-likeness (QED) is 0.944. The van der Waals surface area contributed by atoms with E-state index >= 15 is 0 Å². The Labute approximate surface area is 128 Å². The maximum atomic E-state index is 12.8. The molecule has 0 aromatic heterocycles. The fourth-order valence-electron chi connectivity index (χ4n) is 2.72. The molecule has 110 valence electrons. The van der Waals surface area contributed by atoms with E-state index in [2.05, 4.69) is 0 Å². The molecule has 2 N–H and O–H groups in total. The van der Waals surface area contributed by atoms with E-state index in [1.54, 1.807) is 24.3 Å². The molecule has 0 saturated heterocycles. The van der Waals surface area contributed by atoms with Crippen LogP contribution in [0.25, 0.3) is 0 Å². The van der Waals surface area contributed by atoms with Gasteiger partial charge in [-0.15, -0.1) is 0 Å². The second-order valence-corrected chi connectivity index (χ2v) is 5.06. The Bertz CT molecular complexity index is 778. The molecule has 1 aliphatic carbocycles. The molecule has 22 heavy (non-hydrogen) atoms. The standard InChI is InChI=1S/C18H15NO3/c1-22-18(11-7-3-2-4-8-11)14-15(19)17(21)13-10-6-5-9-12(13)16(14)20/h2-10,18H,19H2,1H3. The molecule has 0 saturated carbocycles. The van der Waals surface area contributed by atoms with Crippen molar-refractivity contribution in [2.45, 2.75) is 6.10 Å². The van der Waals surface area contributed by atoms with Crippen LogP contribution < -0.4 is 5.73 Å². The van der Waals surface area contributed by atoms with E-state index in [1.165, 1.54) is 7.11 Å². The first kappa shape index (κ1) is 14.2. The summed E-state index contributed by atoms with van der Waals surface area (Å²) in [5.41, 5.74) is 7.63. The smallest absolute Gasteiger partial charge is 0.209 e. The number of hydrogen-bond acceptors (Lipinski definition) is 4. The molecule has 0 heterocycles. The second-order valence-electron chi connectivity index (χ2n) is 5.06. The van der Waals surface area contributed by atoms with Crippen molar-refractivity contribution in [3.05, 3.63) is 82.6 Å². The number of benzene rings is 2. The molecule has 2 aromatic carbocycles. The Hall–Kier alpha value is -2.72. The SMILES string of the molecule is COC(C1=C(N)C(=O)c2ccccc2C1=O)c1ccccc1. The first-order valence-electron chi connectivity index (χ1n) is 6.91. The Morgan fingerprint density at radius 1 is 0.864 bits per heavy atom. The van der Waals surface area contributed by atoms with Crippen molar-refractivity contribution in [1.82, 2.24) is 0 Å². The van der Waals surface area contributed by atoms with Gasteiger partial charge in [-0.05, 0) is 5.56 Å².